The summed E-state index contributed by atoms with van der Waals surface area (Å²) in [5.41, 5.74) is 3.35. The van der Waals surface area contributed by atoms with Gasteiger partial charge in [-0.05, 0) is 47.4 Å². The van der Waals surface area contributed by atoms with Crippen molar-refractivity contribution in [3.63, 3.8) is 0 Å². The second kappa shape index (κ2) is 8.31. The number of hydrogen-bond donors (Lipinski definition) is 1. The molecule has 0 spiro atoms. The monoisotopic (exact) mass is 402 g/mol. The summed E-state index contributed by atoms with van der Waals surface area (Å²) in [7, 11) is 0. The molecule has 0 saturated carbocycles. The Labute approximate surface area is 164 Å². The molecular weight excluding hydrogens is 388 g/mol. The van der Waals surface area contributed by atoms with Gasteiger partial charge in [0.05, 0.1) is 9.78 Å². The Balaban J connectivity index is 1.75. The maximum absolute atomic E-state index is 12.6. The Kier molecular flexibility index (Phi) is 5.87. The lowest BCUT2D eigenvalue weighted by Crippen LogP contribution is -2.44. The van der Waals surface area contributed by atoms with Crippen molar-refractivity contribution in [1.29, 1.82) is 0 Å². The van der Waals surface area contributed by atoms with Gasteiger partial charge in [-0.2, -0.15) is 5.01 Å². The van der Waals surface area contributed by atoms with Crippen molar-refractivity contribution in [1.82, 2.24) is 10.4 Å². The van der Waals surface area contributed by atoms with E-state index in [0.717, 1.165) is 22.3 Å². The average Bonchev–Trinajstić information content (AvgIpc) is 3.25. The molecule has 1 aliphatic heterocycles. The minimum atomic E-state index is -0.364. The van der Waals surface area contributed by atoms with Crippen LogP contribution in [-0.2, 0) is 4.79 Å². The van der Waals surface area contributed by atoms with Gasteiger partial charge in [0.15, 0.2) is 4.32 Å². The van der Waals surface area contributed by atoms with Crippen molar-refractivity contribution in [2.75, 3.05) is 6.61 Å². The number of nitrogens with zero attached hydrogens (tertiary/aromatic N) is 1. The molecule has 1 aromatic carbocycles. The number of amides is 2. The maximum atomic E-state index is 12.6. The molecule has 132 valence electrons. The van der Waals surface area contributed by atoms with E-state index in [2.05, 4.69) is 12.0 Å². The molecule has 2 heterocycles. The first-order chi connectivity index (χ1) is 12.6. The van der Waals surface area contributed by atoms with Crippen molar-refractivity contribution in [3.05, 3.63) is 69.8 Å². The van der Waals surface area contributed by atoms with Crippen LogP contribution >= 0.6 is 35.3 Å². The van der Waals surface area contributed by atoms with Crippen LogP contribution in [0.3, 0.4) is 0 Å². The van der Waals surface area contributed by atoms with Crippen LogP contribution in [0.1, 0.15) is 15.2 Å². The standard InChI is InChI=1S/C18H14N2O3S3/c1-2-8-23-13-6-3-5-12(10-13)11-15-17(22)20(18(24)26-15)19-16(21)14-7-4-9-25-14/h2-7,9-11H,1,8H2,(H,19,21)/b15-11+. The Morgan fingerprint density at radius 1 is 1.35 bits per heavy atom. The fourth-order valence-corrected chi connectivity index (χ4v) is 3.92. The Bertz CT molecular complexity index is 891. The predicted molar refractivity (Wildman–Crippen MR) is 109 cm³/mol. The smallest absolute Gasteiger partial charge is 0.285 e. The highest BCUT2D eigenvalue weighted by Crippen LogP contribution is 2.32. The van der Waals surface area contributed by atoms with Gasteiger partial charge in [0.2, 0.25) is 0 Å². The molecule has 0 bridgehead atoms. The summed E-state index contributed by atoms with van der Waals surface area (Å²) < 4.78 is 5.77. The lowest BCUT2D eigenvalue weighted by atomic mass is 10.2. The fourth-order valence-electron chi connectivity index (χ4n) is 2.13. The van der Waals surface area contributed by atoms with E-state index < -0.39 is 0 Å². The number of hydrogen-bond acceptors (Lipinski definition) is 6. The van der Waals surface area contributed by atoms with E-state index in [9.17, 15) is 9.59 Å². The van der Waals surface area contributed by atoms with Crippen LogP contribution in [-0.4, -0.2) is 27.8 Å². The summed E-state index contributed by atoms with van der Waals surface area (Å²) in [6.07, 6.45) is 3.38. The summed E-state index contributed by atoms with van der Waals surface area (Å²) in [4.78, 5) is 25.7. The zero-order valence-corrected chi connectivity index (χ0v) is 16.0. The number of hydrazine groups is 1. The number of thiophene rings is 1. The van der Waals surface area contributed by atoms with Gasteiger partial charge in [-0.1, -0.05) is 42.6 Å². The van der Waals surface area contributed by atoms with Crippen LogP contribution < -0.4 is 10.2 Å². The summed E-state index contributed by atoms with van der Waals surface area (Å²) in [5.74, 6) is -0.0418. The first kappa shape index (κ1) is 18.4. The third-order valence-electron chi connectivity index (χ3n) is 3.28. The number of carbonyl (C=O) groups is 2. The van der Waals surface area contributed by atoms with Crippen molar-refractivity contribution < 1.29 is 14.3 Å². The van der Waals surface area contributed by atoms with Crippen LogP contribution in [0, 0.1) is 0 Å². The van der Waals surface area contributed by atoms with E-state index in [4.69, 9.17) is 17.0 Å². The van der Waals surface area contributed by atoms with Gasteiger partial charge in [-0.3, -0.25) is 15.0 Å². The molecule has 26 heavy (non-hydrogen) atoms. The lowest BCUT2D eigenvalue weighted by Gasteiger charge is -2.14. The van der Waals surface area contributed by atoms with E-state index in [1.54, 1.807) is 29.7 Å². The second-order valence-corrected chi connectivity index (χ2v) is 7.73. The third-order valence-corrected chi connectivity index (χ3v) is 5.45. The van der Waals surface area contributed by atoms with E-state index in [0.29, 0.717) is 22.1 Å². The van der Waals surface area contributed by atoms with Crippen molar-refractivity contribution >= 4 is 57.5 Å². The molecule has 0 radical (unpaired) electrons. The molecule has 5 nitrogen and oxygen atoms in total. The molecule has 2 amide bonds. The molecule has 1 aromatic heterocycles. The minimum absolute atomic E-state index is 0.283. The first-order valence-electron chi connectivity index (χ1n) is 7.54. The minimum Gasteiger partial charge on any atom is -0.490 e. The number of ether oxygens (including phenoxy) is 1. The van der Waals surface area contributed by atoms with E-state index >= 15 is 0 Å². The van der Waals surface area contributed by atoms with Gasteiger partial charge in [-0.15, -0.1) is 11.3 Å². The van der Waals surface area contributed by atoms with Gasteiger partial charge in [0.1, 0.15) is 12.4 Å². The number of carbonyl (C=O) groups excluding carboxylic acids is 2. The highest BCUT2D eigenvalue weighted by Gasteiger charge is 2.33. The highest BCUT2D eigenvalue weighted by atomic mass is 32.2. The average molecular weight is 403 g/mol. The fraction of sp³-hybridized carbons (Fsp3) is 0.0556. The van der Waals surface area contributed by atoms with Crippen molar-refractivity contribution in [2.45, 2.75) is 0 Å². The van der Waals surface area contributed by atoms with Crippen LogP contribution in [0.15, 0.2) is 59.3 Å². The normalized spacial score (nSPS) is 15.4. The summed E-state index contributed by atoms with van der Waals surface area (Å²) in [6, 6.07) is 10.8. The molecule has 1 saturated heterocycles. The quantitative estimate of drug-likeness (QED) is 0.452. The van der Waals surface area contributed by atoms with Crippen molar-refractivity contribution in [3.8, 4) is 5.75 Å². The lowest BCUT2D eigenvalue weighted by molar-refractivity contribution is -0.123. The van der Waals surface area contributed by atoms with Gasteiger partial charge in [0.25, 0.3) is 11.8 Å². The van der Waals surface area contributed by atoms with Crippen LogP contribution in [0.4, 0.5) is 0 Å². The van der Waals surface area contributed by atoms with Gasteiger partial charge in [-0.25, -0.2) is 0 Å². The molecule has 1 N–H and O–H groups in total. The highest BCUT2D eigenvalue weighted by molar-refractivity contribution is 8.26. The molecule has 0 atom stereocenters. The predicted octanol–water partition coefficient (Wildman–Crippen LogP) is 3.86. The number of rotatable bonds is 6. The number of thiocarbonyl (C=S) groups is 1. The van der Waals surface area contributed by atoms with Gasteiger partial charge in [0, 0.05) is 0 Å². The third kappa shape index (κ3) is 4.21. The second-order valence-electron chi connectivity index (χ2n) is 5.11. The van der Waals surface area contributed by atoms with Crippen LogP contribution in [0.25, 0.3) is 6.08 Å². The van der Waals surface area contributed by atoms with Gasteiger partial charge < -0.3 is 4.74 Å². The van der Waals surface area contributed by atoms with E-state index in [-0.39, 0.29) is 16.1 Å². The molecule has 0 aliphatic carbocycles. The summed E-state index contributed by atoms with van der Waals surface area (Å²) in [6.45, 7) is 4.01. The van der Waals surface area contributed by atoms with Gasteiger partial charge >= 0.3 is 0 Å². The van der Waals surface area contributed by atoms with Crippen LogP contribution in [0.2, 0.25) is 0 Å². The maximum Gasteiger partial charge on any atom is 0.285 e. The Morgan fingerprint density at radius 3 is 2.92 bits per heavy atom. The molecule has 3 rings (SSSR count). The SMILES string of the molecule is C=CCOc1cccc(/C=C2/SC(=S)N(NC(=O)c3cccs3)C2=O)c1. The molecule has 8 heteroatoms. The first-order valence-corrected chi connectivity index (χ1v) is 9.65. The summed E-state index contributed by atoms with van der Waals surface area (Å²) >= 11 is 7.65. The van der Waals surface area contributed by atoms with E-state index in [1.165, 1.54) is 11.3 Å². The topological polar surface area (TPSA) is 58.6 Å². The van der Waals surface area contributed by atoms with Crippen LogP contribution in [0.5, 0.6) is 5.75 Å². The number of benzene rings is 1. The Hall–Kier alpha value is -2.42. The molecule has 0 unspecified atom stereocenters. The van der Waals surface area contributed by atoms with Crippen molar-refractivity contribution in [2.24, 2.45) is 0 Å². The number of thioether (sulfide) groups is 1. The molecule has 2 aromatic rings. The number of nitrogens with one attached hydrogen (secondary N) is 1. The zero-order chi connectivity index (χ0) is 18.5. The molecule has 1 fully saturated rings. The van der Waals surface area contributed by atoms with E-state index in [1.807, 2.05) is 24.3 Å². The molecule has 1 aliphatic rings. The summed E-state index contributed by atoms with van der Waals surface area (Å²) in [5, 5.41) is 2.90. The molecular formula is C18H14N2O3S3. The Morgan fingerprint density at radius 2 is 2.19 bits per heavy atom. The zero-order valence-electron chi connectivity index (χ0n) is 13.5. The largest absolute Gasteiger partial charge is 0.490 e.